The number of nitrogens with zero attached hydrogens (tertiary/aromatic N) is 1. The minimum atomic E-state index is -0.520. The molecule has 3 aromatic rings. The van der Waals surface area contributed by atoms with E-state index in [9.17, 15) is 9.18 Å². The van der Waals surface area contributed by atoms with E-state index in [1.807, 2.05) is 18.2 Å². The zero-order valence-corrected chi connectivity index (χ0v) is 19.0. The van der Waals surface area contributed by atoms with Crippen molar-refractivity contribution in [3.05, 3.63) is 98.6 Å². The summed E-state index contributed by atoms with van der Waals surface area (Å²) < 4.78 is 20.4. The minimum absolute atomic E-state index is 0.122. The molecule has 1 saturated heterocycles. The molecule has 0 aliphatic carbocycles. The maximum absolute atomic E-state index is 14.2. The number of para-hydroxylation sites is 1. The number of hydrogen-bond acceptors (Lipinski definition) is 4. The van der Waals surface area contributed by atoms with E-state index >= 15 is 0 Å². The topological polar surface area (TPSA) is 29.5 Å². The Kier molecular flexibility index (Phi) is 6.62. The summed E-state index contributed by atoms with van der Waals surface area (Å²) in [6, 6.07) is 18.5. The average Bonchev–Trinajstić information content (AvgIpc) is 3.01. The minimum Gasteiger partial charge on any atom is -0.488 e. The molecule has 0 radical (unpaired) electrons. The summed E-state index contributed by atoms with van der Waals surface area (Å²) in [4.78, 5) is 14.5. The Morgan fingerprint density at radius 3 is 2.58 bits per heavy atom. The highest BCUT2D eigenvalue weighted by atomic mass is 35.5. The van der Waals surface area contributed by atoms with Gasteiger partial charge >= 0.3 is 0 Å². The normalized spacial score (nSPS) is 15.1. The van der Waals surface area contributed by atoms with Crippen molar-refractivity contribution < 1.29 is 13.9 Å². The predicted octanol–water partition coefficient (Wildman–Crippen LogP) is 7.12. The maximum atomic E-state index is 14.2. The number of amides is 1. The van der Waals surface area contributed by atoms with Crippen LogP contribution in [0.15, 0.2) is 71.6 Å². The molecule has 1 aliphatic rings. The average molecular weight is 490 g/mol. The van der Waals surface area contributed by atoms with Gasteiger partial charge < -0.3 is 4.74 Å². The summed E-state index contributed by atoms with van der Waals surface area (Å²) in [7, 11) is 0. The number of thiocarbonyl (C=S) groups is 1. The number of carbonyl (C=O) groups is 1. The SMILES string of the molecule is O=C1/C(=C/c2cc(Cl)ccc2OCc2cccc(Cl)c2)SC(=S)N1c1ccccc1F. The van der Waals surface area contributed by atoms with Gasteiger partial charge in [0.1, 0.15) is 18.2 Å². The van der Waals surface area contributed by atoms with E-state index in [0.717, 1.165) is 17.3 Å². The van der Waals surface area contributed by atoms with Crippen molar-refractivity contribution in [2.45, 2.75) is 6.61 Å². The molecule has 31 heavy (non-hydrogen) atoms. The number of hydrogen-bond donors (Lipinski definition) is 0. The summed E-state index contributed by atoms with van der Waals surface area (Å²) in [5.41, 5.74) is 1.64. The first-order chi connectivity index (χ1) is 14.9. The van der Waals surface area contributed by atoms with E-state index in [1.54, 1.807) is 42.5 Å². The predicted molar refractivity (Wildman–Crippen MR) is 129 cm³/mol. The second kappa shape index (κ2) is 9.40. The quantitative estimate of drug-likeness (QED) is 0.282. The fourth-order valence-corrected chi connectivity index (χ4v) is 4.67. The molecule has 1 heterocycles. The smallest absolute Gasteiger partial charge is 0.270 e. The van der Waals surface area contributed by atoms with Crippen molar-refractivity contribution in [1.82, 2.24) is 0 Å². The molecule has 0 unspecified atom stereocenters. The molecule has 3 nitrogen and oxygen atoms in total. The Labute approximate surface area is 198 Å². The third-order valence-corrected chi connectivity index (χ3v) is 6.20. The van der Waals surface area contributed by atoms with Gasteiger partial charge in [0, 0.05) is 15.6 Å². The first kappa shape index (κ1) is 21.8. The van der Waals surface area contributed by atoms with Crippen molar-refractivity contribution in [3.8, 4) is 5.75 Å². The van der Waals surface area contributed by atoms with Gasteiger partial charge in [-0.2, -0.15) is 0 Å². The molecule has 0 atom stereocenters. The highest BCUT2D eigenvalue weighted by Crippen LogP contribution is 2.38. The van der Waals surface area contributed by atoms with E-state index in [2.05, 4.69) is 0 Å². The van der Waals surface area contributed by atoms with E-state index in [0.29, 0.717) is 32.9 Å². The second-order valence-electron chi connectivity index (χ2n) is 6.57. The Hall–Kier alpha value is -2.38. The lowest BCUT2D eigenvalue weighted by molar-refractivity contribution is -0.113. The molecular weight excluding hydrogens is 476 g/mol. The Bertz CT molecular complexity index is 1220. The van der Waals surface area contributed by atoms with Crippen LogP contribution in [-0.4, -0.2) is 10.2 Å². The first-order valence-electron chi connectivity index (χ1n) is 9.11. The lowest BCUT2D eigenvalue weighted by Crippen LogP contribution is -2.28. The molecular formula is C23H14Cl2FNO2S2. The summed E-state index contributed by atoms with van der Waals surface area (Å²) in [6.45, 7) is 0.291. The number of anilines is 1. The van der Waals surface area contributed by atoms with Gasteiger partial charge in [0.2, 0.25) is 0 Å². The summed E-state index contributed by atoms with van der Waals surface area (Å²) >= 11 is 18.6. The zero-order chi connectivity index (χ0) is 22.0. The Morgan fingerprint density at radius 1 is 1.03 bits per heavy atom. The van der Waals surface area contributed by atoms with Crippen LogP contribution in [0.5, 0.6) is 5.75 Å². The molecule has 0 bridgehead atoms. The van der Waals surface area contributed by atoms with E-state index < -0.39 is 11.7 Å². The lowest BCUT2D eigenvalue weighted by atomic mass is 10.1. The zero-order valence-electron chi connectivity index (χ0n) is 15.8. The molecule has 3 aromatic carbocycles. The van der Waals surface area contributed by atoms with Crippen molar-refractivity contribution in [3.63, 3.8) is 0 Å². The number of thioether (sulfide) groups is 1. The molecule has 1 aliphatic heterocycles. The van der Waals surface area contributed by atoms with Crippen molar-refractivity contribution in [2.75, 3.05) is 4.90 Å². The molecule has 156 valence electrons. The van der Waals surface area contributed by atoms with E-state index in [1.165, 1.54) is 17.0 Å². The van der Waals surface area contributed by atoms with Gasteiger partial charge in [0.25, 0.3) is 5.91 Å². The number of rotatable bonds is 5. The summed E-state index contributed by atoms with van der Waals surface area (Å²) in [6.07, 6.45) is 1.65. The first-order valence-corrected chi connectivity index (χ1v) is 11.1. The Morgan fingerprint density at radius 2 is 1.81 bits per heavy atom. The third kappa shape index (κ3) is 4.93. The second-order valence-corrected chi connectivity index (χ2v) is 9.12. The van der Waals surface area contributed by atoms with Crippen LogP contribution in [0.25, 0.3) is 6.08 Å². The van der Waals surface area contributed by atoms with Crippen LogP contribution in [0.2, 0.25) is 10.0 Å². The molecule has 1 amide bonds. The van der Waals surface area contributed by atoms with Crippen molar-refractivity contribution in [2.24, 2.45) is 0 Å². The number of ether oxygens (including phenoxy) is 1. The fourth-order valence-electron chi connectivity index (χ4n) is 3.00. The molecule has 4 rings (SSSR count). The van der Waals surface area contributed by atoms with Gasteiger partial charge in [-0.1, -0.05) is 71.4 Å². The lowest BCUT2D eigenvalue weighted by Gasteiger charge is -2.15. The largest absolute Gasteiger partial charge is 0.488 e. The van der Waals surface area contributed by atoms with Crippen molar-refractivity contribution in [1.29, 1.82) is 0 Å². The molecule has 0 saturated carbocycles. The monoisotopic (exact) mass is 489 g/mol. The number of carbonyl (C=O) groups excluding carboxylic acids is 1. The summed E-state index contributed by atoms with van der Waals surface area (Å²) in [5, 5.41) is 1.11. The fraction of sp³-hybridized carbons (Fsp3) is 0.0435. The van der Waals surface area contributed by atoms with Gasteiger partial charge in [-0.3, -0.25) is 9.69 Å². The third-order valence-electron chi connectivity index (χ3n) is 4.43. The van der Waals surface area contributed by atoms with Gasteiger partial charge in [0.15, 0.2) is 4.32 Å². The Balaban J connectivity index is 1.62. The number of halogens is 3. The molecule has 8 heteroatoms. The number of benzene rings is 3. The standard InChI is InChI=1S/C23H14Cl2FNO2S2/c24-16-5-3-4-14(10-16)13-29-20-9-8-17(25)11-15(20)12-21-22(28)27(23(30)31-21)19-7-2-1-6-18(19)26/h1-12H,13H2/b21-12-. The summed E-state index contributed by atoms with van der Waals surface area (Å²) in [5.74, 6) is -0.380. The van der Waals surface area contributed by atoms with E-state index in [4.69, 9.17) is 40.2 Å². The van der Waals surface area contributed by atoms with Gasteiger partial charge in [-0.15, -0.1) is 0 Å². The van der Waals surface area contributed by atoms with Crippen LogP contribution in [0.1, 0.15) is 11.1 Å². The molecule has 1 fully saturated rings. The van der Waals surface area contributed by atoms with Crippen LogP contribution in [0.3, 0.4) is 0 Å². The molecule has 0 aromatic heterocycles. The van der Waals surface area contributed by atoms with Crippen molar-refractivity contribution >= 4 is 69.2 Å². The molecule has 0 spiro atoms. The van der Waals surface area contributed by atoms with Crippen LogP contribution in [0, 0.1) is 5.82 Å². The van der Waals surface area contributed by atoms with Crippen LogP contribution >= 0.6 is 47.2 Å². The van der Waals surface area contributed by atoms with Crippen LogP contribution in [0.4, 0.5) is 10.1 Å². The highest BCUT2D eigenvalue weighted by molar-refractivity contribution is 8.27. The van der Waals surface area contributed by atoms with Gasteiger partial charge in [-0.25, -0.2) is 4.39 Å². The van der Waals surface area contributed by atoms with Gasteiger partial charge in [0.05, 0.1) is 10.6 Å². The van der Waals surface area contributed by atoms with Gasteiger partial charge in [-0.05, 0) is 54.1 Å². The van der Waals surface area contributed by atoms with Crippen LogP contribution in [-0.2, 0) is 11.4 Å². The van der Waals surface area contributed by atoms with E-state index in [-0.39, 0.29) is 10.0 Å². The highest BCUT2D eigenvalue weighted by Gasteiger charge is 2.34. The van der Waals surface area contributed by atoms with Crippen LogP contribution < -0.4 is 9.64 Å². The molecule has 0 N–H and O–H groups in total. The maximum Gasteiger partial charge on any atom is 0.270 e.